The van der Waals surface area contributed by atoms with E-state index in [1.807, 2.05) is 0 Å². The monoisotopic (exact) mass is 566 g/mol. The largest absolute Gasteiger partial charge is 0.463 e. The molecule has 2 unspecified atom stereocenters. The molecule has 3 heterocycles. The van der Waals surface area contributed by atoms with Crippen molar-refractivity contribution in [2.75, 3.05) is 16.8 Å². The van der Waals surface area contributed by atoms with Crippen LogP contribution in [0.4, 0.5) is 16.6 Å². The third kappa shape index (κ3) is 6.78. The fourth-order valence-electron chi connectivity index (χ4n) is 7.19. The van der Waals surface area contributed by atoms with Crippen molar-refractivity contribution in [3.8, 4) is 0 Å². The summed E-state index contributed by atoms with van der Waals surface area (Å²) in [6.07, 6.45) is 13.3. The number of aromatic nitrogens is 4. The Balaban J connectivity index is 1.62. The first-order chi connectivity index (χ1) is 19.7. The quantitative estimate of drug-likeness (QED) is 0.221. The Labute approximate surface area is 244 Å². The van der Waals surface area contributed by atoms with Crippen molar-refractivity contribution in [1.29, 1.82) is 0 Å². The number of fused-ring (bicyclic) bond motifs is 1. The molecule has 0 radical (unpaired) electrons. The van der Waals surface area contributed by atoms with Crippen LogP contribution in [0.1, 0.15) is 111 Å². The molecule has 10 nitrogen and oxygen atoms in total. The highest BCUT2D eigenvalue weighted by Gasteiger charge is 2.32. The van der Waals surface area contributed by atoms with Gasteiger partial charge in [-0.05, 0) is 82.0 Å². The Hall–Kier alpha value is -2.91. The SMILES string of the molecule is CCC1CCC(Cn2c(N3CCCCC3CC(C)C)nc3nc(C(N)=NC(=O)O)nc(NC(C)C4CCC4)c32)CC1. The zero-order valence-corrected chi connectivity index (χ0v) is 25.5. The number of anilines is 2. The normalized spacial score (nSPS) is 25.0. The van der Waals surface area contributed by atoms with E-state index in [1.54, 1.807) is 0 Å². The number of nitrogens with one attached hydrogen (secondary N) is 1. The van der Waals surface area contributed by atoms with Gasteiger partial charge in [-0.2, -0.15) is 9.98 Å². The van der Waals surface area contributed by atoms with E-state index in [0.717, 1.165) is 43.3 Å². The number of piperidine rings is 1. The van der Waals surface area contributed by atoms with Crippen LogP contribution < -0.4 is 16.0 Å². The number of aliphatic imine (C=N–C) groups is 1. The van der Waals surface area contributed by atoms with Crippen LogP contribution in [0.3, 0.4) is 0 Å². The highest BCUT2D eigenvalue weighted by atomic mass is 16.4. The van der Waals surface area contributed by atoms with Gasteiger partial charge in [0.05, 0.1) is 0 Å². The number of amides is 1. The lowest BCUT2D eigenvalue weighted by Crippen LogP contribution is -2.42. The van der Waals surface area contributed by atoms with Gasteiger partial charge < -0.3 is 25.6 Å². The van der Waals surface area contributed by atoms with Gasteiger partial charge in [-0.1, -0.05) is 46.5 Å². The van der Waals surface area contributed by atoms with Gasteiger partial charge in [-0.25, -0.2) is 14.8 Å². The Morgan fingerprint density at radius 1 is 1.02 bits per heavy atom. The van der Waals surface area contributed by atoms with Gasteiger partial charge in [0.1, 0.15) is 5.52 Å². The van der Waals surface area contributed by atoms with Crippen LogP contribution >= 0.6 is 0 Å². The number of amidine groups is 1. The maximum absolute atomic E-state index is 11.3. The van der Waals surface area contributed by atoms with Crippen molar-refractivity contribution in [2.24, 2.45) is 34.4 Å². The van der Waals surface area contributed by atoms with Crippen molar-refractivity contribution in [2.45, 2.75) is 123 Å². The lowest BCUT2D eigenvalue weighted by atomic mass is 9.80. The van der Waals surface area contributed by atoms with Crippen molar-refractivity contribution < 1.29 is 9.90 Å². The maximum Gasteiger partial charge on any atom is 0.433 e. The van der Waals surface area contributed by atoms with Crippen LogP contribution in [0.2, 0.25) is 0 Å². The van der Waals surface area contributed by atoms with E-state index in [-0.39, 0.29) is 17.7 Å². The second-order valence-electron chi connectivity index (χ2n) is 13.3. The molecule has 2 aliphatic carbocycles. The summed E-state index contributed by atoms with van der Waals surface area (Å²) < 4.78 is 2.40. The molecule has 2 aromatic heterocycles. The topological polar surface area (TPSA) is 135 Å². The minimum atomic E-state index is -1.36. The Morgan fingerprint density at radius 2 is 1.76 bits per heavy atom. The second-order valence-corrected chi connectivity index (χ2v) is 13.3. The molecule has 3 aliphatic rings. The number of imidazole rings is 1. The van der Waals surface area contributed by atoms with Crippen LogP contribution in [-0.4, -0.2) is 55.2 Å². The molecular weight excluding hydrogens is 516 g/mol. The molecule has 0 spiro atoms. The van der Waals surface area contributed by atoms with Gasteiger partial charge in [0, 0.05) is 25.2 Å². The molecule has 2 aromatic rings. The molecule has 3 fully saturated rings. The number of carbonyl (C=O) groups is 1. The van der Waals surface area contributed by atoms with Gasteiger partial charge in [-0.15, -0.1) is 0 Å². The van der Waals surface area contributed by atoms with Crippen LogP contribution in [0.5, 0.6) is 0 Å². The highest BCUT2D eigenvalue weighted by Crippen LogP contribution is 2.38. The first kappa shape index (κ1) is 29.6. The van der Waals surface area contributed by atoms with E-state index >= 15 is 0 Å². The molecule has 226 valence electrons. The number of nitrogens with two attached hydrogens (primary N) is 1. The molecule has 2 atom stereocenters. The van der Waals surface area contributed by atoms with Gasteiger partial charge in [0.25, 0.3) is 0 Å². The molecule has 2 saturated carbocycles. The number of hydrogen-bond donors (Lipinski definition) is 3. The van der Waals surface area contributed by atoms with E-state index < -0.39 is 6.09 Å². The van der Waals surface area contributed by atoms with Crippen LogP contribution in [-0.2, 0) is 6.54 Å². The van der Waals surface area contributed by atoms with Crippen molar-refractivity contribution in [1.82, 2.24) is 19.5 Å². The summed E-state index contributed by atoms with van der Waals surface area (Å²) in [5.41, 5.74) is 7.57. The lowest BCUT2D eigenvalue weighted by molar-refractivity contribution is 0.205. The molecule has 4 N–H and O–H groups in total. The predicted molar refractivity (Wildman–Crippen MR) is 165 cm³/mol. The molecule has 1 aliphatic heterocycles. The molecule has 41 heavy (non-hydrogen) atoms. The van der Waals surface area contributed by atoms with Gasteiger partial charge >= 0.3 is 6.09 Å². The van der Waals surface area contributed by atoms with Crippen LogP contribution in [0.15, 0.2) is 4.99 Å². The fraction of sp³-hybridized carbons (Fsp3) is 0.774. The first-order valence-corrected chi connectivity index (χ1v) is 16.1. The predicted octanol–water partition coefficient (Wildman–Crippen LogP) is 6.43. The summed E-state index contributed by atoms with van der Waals surface area (Å²) in [4.78, 5) is 32.1. The van der Waals surface area contributed by atoms with Crippen molar-refractivity contribution in [3.63, 3.8) is 0 Å². The van der Waals surface area contributed by atoms with Crippen molar-refractivity contribution >= 4 is 34.9 Å². The minimum Gasteiger partial charge on any atom is -0.463 e. The smallest absolute Gasteiger partial charge is 0.433 e. The summed E-state index contributed by atoms with van der Waals surface area (Å²) in [6.45, 7) is 11.0. The Kier molecular flexibility index (Phi) is 9.34. The van der Waals surface area contributed by atoms with E-state index in [2.05, 4.69) is 47.5 Å². The summed E-state index contributed by atoms with van der Waals surface area (Å²) in [6, 6.07) is 0.661. The number of rotatable bonds is 10. The van der Waals surface area contributed by atoms with E-state index in [9.17, 15) is 9.90 Å². The minimum absolute atomic E-state index is 0.111. The zero-order chi connectivity index (χ0) is 29.1. The molecule has 0 bridgehead atoms. The Bertz CT molecular complexity index is 1230. The summed E-state index contributed by atoms with van der Waals surface area (Å²) in [5.74, 6) is 4.17. The number of nitrogens with zero attached hydrogens (tertiary/aromatic N) is 6. The highest BCUT2D eigenvalue weighted by molar-refractivity contribution is 6.01. The van der Waals surface area contributed by atoms with E-state index in [4.69, 9.17) is 20.7 Å². The molecule has 5 rings (SSSR count). The maximum atomic E-state index is 11.3. The van der Waals surface area contributed by atoms with Crippen LogP contribution in [0, 0.1) is 23.7 Å². The van der Waals surface area contributed by atoms with Crippen LogP contribution in [0.25, 0.3) is 11.2 Å². The summed E-state index contributed by atoms with van der Waals surface area (Å²) in [7, 11) is 0. The van der Waals surface area contributed by atoms with E-state index in [1.165, 1.54) is 64.2 Å². The summed E-state index contributed by atoms with van der Waals surface area (Å²) in [5, 5.41) is 13.0. The summed E-state index contributed by atoms with van der Waals surface area (Å²) >= 11 is 0. The van der Waals surface area contributed by atoms with Gasteiger partial charge in [0.15, 0.2) is 23.1 Å². The Morgan fingerprint density at radius 3 is 2.39 bits per heavy atom. The first-order valence-electron chi connectivity index (χ1n) is 16.1. The van der Waals surface area contributed by atoms with Gasteiger partial charge in [0.2, 0.25) is 5.95 Å². The van der Waals surface area contributed by atoms with Gasteiger partial charge in [-0.3, -0.25) is 0 Å². The molecule has 10 heteroatoms. The molecule has 0 aromatic carbocycles. The second kappa shape index (κ2) is 12.9. The van der Waals surface area contributed by atoms with Crippen molar-refractivity contribution in [3.05, 3.63) is 5.82 Å². The molecular formula is C31H50N8O2. The lowest BCUT2D eigenvalue weighted by Gasteiger charge is -2.38. The third-order valence-corrected chi connectivity index (χ3v) is 9.86. The zero-order valence-electron chi connectivity index (χ0n) is 25.5. The van der Waals surface area contributed by atoms with E-state index in [0.29, 0.717) is 35.3 Å². The number of carboxylic acid groups (broad SMARTS) is 1. The average molecular weight is 567 g/mol. The third-order valence-electron chi connectivity index (χ3n) is 9.86. The molecule has 1 amide bonds. The fourth-order valence-corrected chi connectivity index (χ4v) is 7.19. The molecule has 1 saturated heterocycles. The number of hydrogen-bond acceptors (Lipinski definition) is 6. The standard InChI is InChI=1S/C31H50N8O2/c1-5-21-12-14-22(15-13-21)18-39-25-27(33-20(4)23-9-8-10-23)35-29(26(32)34-31(40)41)36-28(25)37-30(39)38-16-7-6-11-24(38)17-19(2)3/h19-24H,5-18H2,1-4H3,(H2,32,34)(H,40,41)(H,33,35,36). The average Bonchev–Trinajstić information content (AvgIpc) is 3.25.